The maximum absolute atomic E-state index is 11.7. The highest BCUT2D eigenvalue weighted by molar-refractivity contribution is 5.89. The van der Waals surface area contributed by atoms with Crippen molar-refractivity contribution in [2.75, 3.05) is 5.32 Å². The third-order valence-electron chi connectivity index (χ3n) is 2.43. The molecule has 2 N–H and O–H groups in total. The first kappa shape index (κ1) is 12.3. The average Bonchev–Trinajstić information content (AvgIpc) is 2.87. The minimum Gasteiger partial charge on any atom is -0.308 e. The molecule has 2 rings (SSSR count). The van der Waals surface area contributed by atoms with E-state index in [2.05, 4.69) is 46.4 Å². The van der Waals surface area contributed by atoms with Crippen LogP contribution in [0.4, 0.5) is 5.82 Å². The van der Waals surface area contributed by atoms with Gasteiger partial charge in [-0.1, -0.05) is 20.8 Å². The molecular formula is C11H16N6O. The summed E-state index contributed by atoms with van der Waals surface area (Å²) in [7, 11) is 0. The molecule has 0 atom stereocenters. The first-order valence-corrected chi connectivity index (χ1v) is 5.63. The Labute approximate surface area is 105 Å². The molecule has 2 aromatic rings. The highest BCUT2D eigenvalue weighted by Gasteiger charge is 2.17. The van der Waals surface area contributed by atoms with Crippen LogP contribution in [0.25, 0.3) is 0 Å². The van der Waals surface area contributed by atoms with Crippen LogP contribution in [0.15, 0.2) is 18.7 Å². The Bertz CT molecular complexity index is 522. The van der Waals surface area contributed by atoms with Crippen molar-refractivity contribution in [2.24, 2.45) is 0 Å². The standard InChI is InChI=1S/C11H16N6O/c1-11(2,3)8-4-9(16-15-8)14-10(18)5-17-7-12-6-13-17/h4,6-7H,5H2,1-3H3,(H2,14,15,16,18). The molecule has 0 radical (unpaired) electrons. The Morgan fingerprint density at radius 2 is 2.28 bits per heavy atom. The number of hydrogen-bond donors (Lipinski definition) is 2. The van der Waals surface area contributed by atoms with Crippen molar-refractivity contribution in [2.45, 2.75) is 32.7 Å². The molecular weight excluding hydrogens is 232 g/mol. The molecule has 0 aliphatic heterocycles. The van der Waals surface area contributed by atoms with Gasteiger partial charge in [0.15, 0.2) is 5.82 Å². The molecule has 0 spiro atoms. The van der Waals surface area contributed by atoms with Crippen LogP contribution < -0.4 is 5.32 Å². The van der Waals surface area contributed by atoms with E-state index in [1.54, 1.807) is 0 Å². The van der Waals surface area contributed by atoms with Gasteiger partial charge in [-0.3, -0.25) is 9.89 Å². The largest absolute Gasteiger partial charge is 0.308 e. The maximum atomic E-state index is 11.7. The van der Waals surface area contributed by atoms with Crippen LogP contribution in [-0.4, -0.2) is 30.9 Å². The SMILES string of the molecule is CC(C)(C)c1cc(NC(=O)Cn2cncn2)n[nH]1. The van der Waals surface area contributed by atoms with E-state index in [0.29, 0.717) is 5.82 Å². The van der Waals surface area contributed by atoms with Crippen molar-refractivity contribution in [1.82, 2.24) is 25.0 Å². The smallest absolute Gasteiger partial charge is 0.247 e. The summed E-state index contributed by atoms with van der Waals surface area (Å²) in [5.74, 6) is 0.331. The quantitative estimate of drug-likeness (QED) is 0.846. The summed E-state index contributed by atoms with van der Waals surface area (Å²) in [6.07, 6.45) is 2.88. The molecule has 0 unspecified atom stereocenters. The number of aromatic amines is 1. The number of anilines is 1. The second-order valence-corrected chi connectivity index (χ2v) is 5.06. The number of H-pyrrole nitrogens is 1. The van der Waals surface area contributed by atoms with Gasteiger partial charge in [0.05, 0.1) is 0 Å². The van der Waals surface area contributed by atoms with Crippen molar-refractivity contribution in [3.63, 3.8) is 0 Å². The molecule has 96 valence electrons. The second kappa shape index (κ2) is 4.59. The summed E-state index contributed by atoms with van der Waals surface area (Å²) < 4.78 is 1.45. The second-order valence-electron chi connectivity index (χ2n) is 5.06. The van der Waals surface area contributed by atoms with Gasteiger partial charge in [0, 0.05) is 17.2 Å². The van der Waals surface area contributed by atoms with Crippen molar-refractivity contribution >= 4 is 11.7 Å². The Kier molecular flexibility index (Phi) is 3.14. The molecule has 0 saturated carbocycles. The van der Waals surface area contributed by atoms with Gasteiger partial charge in [-0.2, -0.15) is 10.2 Å². The average molecular weight is 248 g/mol. The number of carbonyl (C=O) groups is 1. The summed E-state index contributed by atoms with van der Waals surface area (Å²) >= 11 is 0. The molecule has 18 heavy (non-hydrogen) atoms. The molecule has 0 aromatic carbocycles. The van der Waals surface area contributed by atoms with Crippen molar-refractivity contribution in [3.05, 3.63) is 24.4 Å². The third kappa shape index (κ3) is 2.93. The van der Waals surface area contributed by atoms with Gasteiger partial charge in [-0.05, 0) is 0 Å². The lowest BCUT2D eigenvalue weighted by atomic mass is 9.92. The lowest BCUT2D eigenvalue weighted by Crippen LogP contribution is -2.19. The predicted molar refractivity (Wildman–Crippen MR) is 65.9 cm³/mol. The molecule has 0 aliphatic rings. The number of carbonyl (C=O) groups excluding carboxylic acids is 1. The summed E-state index contributed by atoms with van der Waals surface area (Å²) in [6.45, 7) is 6.34. The van der Waals surface area contributed by atoms with Crippen LogP contribution in [-0.2, 0) is 16.8 Å². The van der Waals surface area contributed by atoms with E-state index in [4.69, 9.17) is 0 Å². The van der Waals surface area contributed by atoms with Gasteiger partial charge in [0.2, 0.25) is 5.91 Å². The molecule has 0 saturated heterocycles. The zero-order valence-electron chi connectivity index (χ0n) is 10.6. The van der Waals surface area contributed by atoms with Gasteiger partial charge < -0.3 is 5.32 Å². The molecule has 0 aliphatic carbocycles. The van der Waals surface area contributed by atoms with Gasteiger partial charge >= 0.3 is 0 Å². The summed E-state index contributed by atoms with van der Waals surface area (Å²) in [4.78, 5) is 15.5. The zero-order chi connectivity index (χ0) is 13.2. The Balaban J connectivity index is 1.97. The van der Waals surface area contributed by atoms with E-state index in [-0.39, 0.29) is 17.9 Å². The van der Waals surface area contributed by atoms with Crippen LogP contribution >= 0.6 is 0 Å². The topological polar surface area (TPSA) is 88.5 Å². The lowest BCUT2D eigenvalue weighted by molar-refractivity contribution is -0.116. The Morgan fingerprint density at radius 3 is 2.83 bits per heavy atom. The van der Waals surface area contributed by atoms with E-state index >= 15 is 0 Å². The van der Waals surface area contributed by atoms with Crippen LogP contribution in [0, 0.1) is 0 Å². The predicted octanol–water partition coefficient (Wildman–Crippen LogP) is 0.937. The zero-order valence-corrected chi connectivity index (χ0v) is 10.6. The fraction of sp³-hybridized carbons (Fsp3) is 0.455. The molecule has 0 bridgehead atoms. The van der Waals surface area contributed by atoms with E-state index in [1.807, 2.05) is 6.07 Å². The minimum atomic E-state index is -0.188. The summed E-state index contributed by atoms with van der Waals surface area (Å²) in [6, 6.07) is 1.83. The van der Waals surface area contributed by atoms with Gasteiger partial charge in [-0.15, -0.1) is 0 Å². The first-order chi connectivity index (χ1) is 8.45. The van der Waals surface area contributed by atoms with E-state index in [0.717, 1.165) is 5.69 Å². The molecule has 7 heteroatoms. The highest BCUT2D eigenvalue weighted by Crippen LogP contribution is 2.21. The van der Waals surface area contributed by atoms with Gasteiger partial charge in [-0.25, -0.2) is 9.67 Å². The molecule has 0 fully saturated rings. The molecule has 7 nitrogen and oxygen atoms in total. The summed E-state index contributed by atoms with van der Waals surface area (Å²) in [5.41, 5.74) is 0.945. The van der Waals surface area contributed by atoms with E-state index in [9.17, 15) is 4.79 Å². The fourth-order valence-electron chi connectivity index (χ4n) is 1.41. The van der Waals surface area contributed by atoms with Crippen LogP contribution in [0.1, 0.15) is 26.5 Å². The number of nitrogens with zero attached hydrogens (tertiary/aromatic N) is 4. The van der Waals surface area contributed by atoms with Crippen molar-refractivity contribution < 1.29 is 4.79 Å². The lowest BCUT2D eigenvalue weighted by Gasteiger charge is -2.14. The molecule has 2 heterocycles. The number of hydrogen-bond acceptors (Lipinski definition) is 4. The van der Waals surface area contributed by atoms with Crippen LogP contribution in [0.3, 0.4) is 0 Å². The minimum absolute atomic E-state index is 0.0259. The van der Waals surface area contributed by atoms with Crippen LogP contribution in [0.2, 0.25) is 0 Å². The van der Waals surface area contributed by atoms with Crippen LogP contribution in [0.5, 0.6) is 0 Å². The van der Waals surface area contributed by atoms with Gasteiger partial charge in [0.25, 0.3) is 0 Å². The van der Waals surface area contributed by atoms with E-state index < -0.39 is 0 Å². The molecule has 1 amide bonds. The molecule has 2 aromatic heterocycles. The number of rotatable bonds is 3. The monoisotopic (exact) mass is 248 g/mol. The summed E-state index contributed by atoms with van der Waals surface area (Å²) in [5, 5.41) is 13.5. The fourth-order valence-corrected chi connectivity index (χ4v) is 1.41. The number of amides is 1. The van der Waals surface area contributed by atoms with Crippen molar-refractivity contribution in [1.29, 1.82) is 0 Å². The first-order valence-electron chi connectivity index (χ1n) is 5.63. The van der Waals surface area contributed by atoms with E-state index in [1.165, 1.54) is 17.3 Å². The Hall–Kier alpha value is -2.18. The maximum Gasteiger partial charge on any atom is 0.247 e. The highest BCUT2D eigenvalue weighted by atomic mass is 16.2. The van der Waals surface area contributed by atoms with Gasteiger partial charge in [0.1, 0.15) is 19.2 Å². The normalized spacial score (nSPS) is 11.5. The Morgan fingerprint density at radius 1 is 1.50 bits per heavy atom. The number of aromatic nitrogens is 5. The third-order valence-corrected chi connectivity index (χ3v) is 2.43. The van der Waals surface area contributed by atoms with Crippen molar-refractivity contribution in [3.8, 4) is 0 Å². The number of nitrogens with one attached hydrogen (secondary N) is 2.